The summed E-state index contributed by atoms with van der Waals surface area (Å²) in [6.45, 7) is 3.96. The molecule has 1 amide bonds. The van der Waals surface area contributed by atoms with Gasteiger partial charge in [0.2, 0.25) is 11.3 Å². The van der Waals surface area contributed by atoms with Gasteiger partial charge in [0.1, 0.15) is 11.3 Å². The third-order valence-corrected chi connectivity index (χ3v) is 7.05. The number of aromatic nitrogens is 2. The lowest BCUT2D eigenvalue weighted by Crippen LogP contribution is -2.60. The lowest BCUT2D eigenvalue weighted by molar-refractivity contribution is -0.385. The summed E-state index contributed by atoms with van der Waals surface area (Å²) in [5.41, 5.74) is -0.724. The number of nitrogens with zero attached hydrogens (tertiary/aromatic N) is 3. The quantitative estimate of drug-likeness (QED) is 0.321. The highest BCUT2D eigenvalue weighted by Gasteiger charge is 2.73. The summed E-state index contributed by atoms with van der Waals surface area (Å²) in [4.78, 5) is 47.2. The average Bonchev–Trinajstić information content (AvgIpc) is 3.25. The largest absolute Gasteiger partial charge is 0.454 e. The van der Waals surface area contributed by atoms with Crippen LogP contribution >= 0.6 is 0 Å². The number of rotatable bonds is 4. The fourth-order valence-electron chi connectivity index (χ4n) is 5.20. The van der Waals surface area contributed by atoms with E-state index in [2.05, 4.69) is 15.3 Å². The van der Waals surface area contributed by atoms with Gasteiger partial charge in [-0.2, -0.15) is 0 Å². The van der Waals surface area contributed by atoms with Crippen molar-refractivity contribution < 1.29 is 24.4 Å². The molecule has 0 bridgehead atoms. The van der Waals surface area contributed by atoms with E-state index in [4.69, 9.17) is 4.74 Å². The van der Waals surface area contributed by atoms with Gasteiger partial charge in [0.15, 0.2) is 0 Å². The Morgan fingerprint density at radius 1 is 1.05 bits per heavy atom. The lowest BCUT2D eigenvalue weighted by atomic mass is 9.82. The molecular weight excluding hydrogens is 476 g/mol. The maximum absolute atomic E-state index is 14.1. The standard InChI is InChI=1S/C27H20N4O6/c1-14(2)15-6-8-17-22(13-15)37-27(34)18-4-3-5-21(31(35)36)23(18)24(32)26(17,27)30-25(33)16-7-9-19-20(12-16)29-11-10-28-19/h3-14,34H,1-2H3,(H,30,33). The van der Waals surface area contributed by atoms with Gasteiger partial charge in [0.05, 0.1) is 16.0 Å². The number of carbonyl (C=O) groups is 2. The Kier molecular flexibility index (Phi) is 4.70. The Morgan fingerprint density at radius 3 is 2.54 bits per heavy atom. The second kappa shape index (κ2) is 7.65. The summed E-state index contributed by atoms with van der Waals surface area (Å²) in [5, 5.41) is 26.5. The molecule has 3 aromatic carbocycles. The lowest BCUT2D eigenvalue weighted by Gasteiger charge is -2.34. The summed E-state index contributed by atoms with van der Waals surface area (Å²) in [5.74, 6) is -3.60. The normalized spacial score (nSPS) is 21.4. The molecule has 184 valence electrons. The van der Waals surface area contributed by atoms with Crippen LogP contribution in [0, 0.1) is 10.1 Å². The minimum Gasteiger partial charge on any atom is -0.454 e. The molecule has 2 aliphatic rings. The van der Waals surface area contributed by atoms with E-state index >= 15 is 0 Å². The Hall–Kier alpha value is -4.70. The van der Waals surface area contributed by atoms with Crippen LogP contribution in [0.1, 0.15) is 57.2 Å². The number of Topliss-reactive ketones (excluding diaryl/α,β-unsaturated/α-hetero) is 1. The van der Waals surface area contributed by atoms with Gasteiger partial charge in [0, 0.05) is 35.2 Å². The SMILES string of the molecule is CC(C)c1ccc2c(c1)OC1(O)c3cccc([N+](=O)[O-])c3C(=O)C21NC(=O)c1ccc2nccnc2c1. The molecule has 0 saturated heterocycles. The maximum Gasteiger partial charge on any atom is 0.280 e. The fraction of sp³-hybridized carbons (Fsp3) is 0.185. The second-order valence-corrected chi connectivity index (χ2v) is 9.41. The number of carbonyl (C=O) groups excluding carboxylic acids is 2. The average molecular weight is 496 g/mol. The van der Waals surface area contributed by atoms with Gasteiger partial charge in [-0.25, -0.2) is 0 Å². The highest BCUT2D eigenvalue weighted by Crippen LogP contribution is 2.59. The monoisotopic (exact) mass is 496 g/mol. The number of ether oxygens (including phenoxy) is 1. The van der Waals surface area contributed by atoms with Gasteiger partial charge in [-0.15, -0.1) is 0 Å². The topological polar surface area (TPSA) is 145 Å². The number of ketones is 1. The van der Waals surface area contributed by atoms with Gasteiger partial charge in [-0.1, -0.05) is 38.1 Å². The van der Waals surface area contributed by atoms with Crippen molar-refractivity contribution in [1.29, 1.82) is 0 Å². The molecule has 1 aliphatic heterocycles. The fourth-order valence-corrected chi connectivity index (χ4v) is 5.20. The van der Waals surface area contributed by atoms with Crippen LogP contribution in [-0.2, 0) is 11.3 Å². The zero-order valence-corrected chi connectivity index (χ0v) is 19.8. The molecule has 1 aliphatic carbocycles. The van der Waals surface area contributed by atoms with Crippen molar-refractivity contribution in [3.63, 3.8) is 0 Å². The first kappa shape index (κ1) is 22.7. The molecule has 1 aromatic heterocycles. The Labute approximate surface area is 210 Å². The summed E-state index contributed by atoms with van der Waals surface area (Å²) in [6, 6.07) is 13.7. The van der Waals surface area contributed by atoms with Crippen LogP contribution in [0.15, 0.2) is 67.0 Å². The van der Waals surface area contributed by atoms with Gasteiger partial charge in [0.25, 0.3) is 17.4 Å². The Balaban J connectivity index is 1.56. The van der Waals surface area contributed by atoms with Crippen molar-refractivity contribution in [3.8, 4) is 5.75 Å². The molecule has 6 rings (SSSR count). The molecule has 2 heterocycles. The highest BCUT2D eigenvalue weighted by atomic mass is 16.6. The number of hydrogen-bond acceptors (Lipinski definition) is 8. The zero-order valence-electron chi connectivity index (χ0n) is 19.8. The van der Waals surface area contributed by atoms with Crippen molar-refractivity contribution in [2.75, 3.05) is 0 Å². The van der Waals surface area contributed by atoms with E-state index < -0.39 is 33.6 Å². The van der Waals surface area contributed by atoms with Crippen molar-refractivity contribution in [3.05, 3.63) is 105 Å². The third kappa shape index (κ3) is 2.96. The minimum absolute atomic E-state index is 0.0846. The molecule has 0 fully saturated rings. The molecule has 0 saturated carbocycles. The van der Waals surface area contributed by atoms with E-state index in [1.807, 2.05) is 13.8 Å². The van der Waals surface area contributed by atoms with Crippen molar-refractivity contribution >= 4 is 28.4 Å². The number of fused-ring (bicyclic) bond motifs is 6. The zero-order chi connectivity index (χ0) is 26.1. The molecular formula is C27H20N4O6. The molecule has 4 aromatic rings. The molecule has 2 unspecified atom stereocenters. The number of hydrogen-bond donors (Lipinski definition) is 2. The molecule has 2 N–H and O–H groups in total. The van der Waals surface area contributed by atoms with E-state index in [0.29, 0.717) is 11.0 Å². The molecule has 0 spiro atoms. The van der Waals surface area contributed by atoms with E-state index in [-0.39, 0.29) is 33.9 Å². The minimum atomic E-state index is -2.41. The molecule has 37 heavy (non-hydrogen) atoms. The first-order valence-electron chi connectivity index (χ1n) is 11.6. The van der Waals surface area contributed by atoms with Crippen molar-refractivity contribution in [2.45, 2.75) is 31.1 Å². The molecule has 2 atom stereocenters. The van der Waals surface area contributed by atoms with Gasteiger partial charge >= 0.3 is 0 Å². The Morgan fingerprint density at radius 2 is 1.81 bits per heavy atom. The van der Waals surface area contributed by atoms with Crippen LogP contribution in [0.2, 0.25) is 0 Å². The summed E-state index contributed by atoms with van der Waals surface area (Å²) < 4.78 is 6.03. The van der Waals surface area contributed by atoms with Crippen LogP contribution in [0.25, 0.3) is 11.0 Å². The smallest absolute Gasteiger partial charge is 0.280 e. The van der Waals surface area contributed by atoms with E-state index in [1.54, 1.807) is 24.3 Å². The number of amides is 1. The predicted octanol–water partition coefficient (Wildman–Crippen LogP) is 3.72. The summed E-state index contributed by atoms with van der Waals surface area (Å²) in [6.07, 6.45) is 3.02. The van der Waals surface area contributed by atoms with E-state index in [1.165, 1.54) is 42.7 Å². The van der Waals surface area contributed by atoms with Crippen LogP contribution < -0.4 is 10.1 Å². The van der Waals surface area contributed by atoms with Crippen LogP contribution in [0.4, 0.5) is 5.69 Å². The molecule has 10 nitrogen and oxygen atoms in total. The number of nitro benzene ring substituents is 1. The number of nitrogens with one attached hydrogen (secondary N) is 1. The van der Waals surface area contributed by atoms with Crippen molar-refractivity contribution in [1.82, 2.24) is 15.3 Å². The van der Waals surface area contributed by atoms with Gasteiger partial charge in [-0.05, 0) is 35.7 Å². The third-order valence-electron chi connectivity index (χ3n) is 7.05. The summed E-state index contributed by atoms with van der Waals surface area (Å²) in [7, 11) is 0. The predicted molar refractivity (Wildman–Crippen MR) is 131 cm³/mol. The maximum atomic E-state index is 14.1. The van der Waals surface area contributed by atoms with Crippen molar-refractivity contribution in [2.24, 2.45) is 0 Å². The summed E-state index contributed by atoms with van der Waals surface area (Å²) >= 11 is 0. The number of benzene rings is 3. The molecule has 10 heteroatoms. The Bertz CT molecular complexity index is 1670. The van der Waals surface area contributed by atoms with E-state index in [9.17, 15) is 24.8 Å². The first-order chi connectivity index (χ1) is 17.7. The number of nitro groups is 1. The van der Waals surface area contributed by atoms with Gasteiger partial charge in [-0.3, -0.25) is 29.7 Å². The van der Waals surface area contributed by atoms with E-state index in [0.717, 1.165) is 5.56 Å². The highest BCUT2D eigenvalue weighted by molar-refractivity contribution is 6.15. The van der Waals surface area contributed by atoms with Crippen LogP contribution in [0.3, 0.4) is 0 Å². The molecule has 0 radical (unpaired) electrons. The number of aliphatic hydroxyl groups is 1. The first-order valence-corrected chi connectivity index (χ1v) is 11.6. The van der Waals surface area contributed by atoms with Crippen LogP contribution in [0.5, 0.6) is 5.75 Å². The van der Waals surface area contributed by atoms with Crippen LogP contribution in [-0.4, -0.2) is 31.7 Å². The second-order valence-electron chi connectivity index (χ2n) is 9.41. The van der Waals surface area contributed by atoms with Gasteiger partial charge < -0.3 is 15.2 Å².